The minimum absolute atomic E-state index is 0.0468. The zero-order chi connectivity index (χ0) is 22.1. The molecular weight excluding hydrogens is 461 g/mol. The Balaban J connectivity index is 1.53. The zero-order valence-electron chi connectivity index (χ0n) is 16.5. The molecule has 2 heterocycles. The molecule has 9 heteroatoms. The molecule has 2 aromatic rings. The Morgan fingerprint density at radius 2 is 1.74 bits per heavy atom. The molecule has 2 fully saturated rings. The second-order valence-electron chi connectivity index (χ2n) is 7.58. The van der Waals surface area contributed by atoms with Crippen molar-refractivity contribution < 1.29 is 14.4 Å². The number of amides is 3. The molecule has 0 aliphatic carbocycles. The van der Waals surface area contributed by atoms with E-state index < -0.39 is 6.04 Å². The van der Waals surface area contributed by atoms with E-state index in [9.17, 15) is 14.4 Å². The van der Waals surface area contributed by atoms with Crippen LogP contribution < -0.4 is 10.2 Å². The van der Waals surface area contributed by atoms with E-state index in [1.807, 2.05) is 0 Å². The number of carbonyl (C=O) groups is 3. The molecule has 0 bridgehead atoms. The van der Waals surface area contributed by atoms with Gasteiger partial charge < -0.3 is 15.1 Å². The van der Waals surface area contributed by atoms with Crippen LogP contribution >= 0.6 is 34.8 Å². The molecule has 6 nitrogen and oxygen atoms in total. The van der Waals surface area contributed by atoms with Crippen molar-refractivity contribution in [2.75, 3.05) is 23.3 Å². The predicted octanol–water partition coefficient (Wildman–Crippen LogP) is 5.02. The molecule has 1 N–H and O–H groups in total. The van der Waals surface area contributed by atoms with E-state index in [0.717, 1.165) is 6.42 Å². The Morgan fingerprint density at radius 3 is 2.48 bits per heavy atom. The maximum absolute atomic E-state index is 13.1. The second kappa shape index (κ2) is 9.07. The number of halogens is 3. The Kier molecular flexibility index (Phi) is 6.42. The third kappa shape index (κ3) is 4.52. The van der Waals surface area contributed by atoms with Crippen molar-refractivity contribution in [3.8, 4) is 0 Å². The highest BCUT2D eigenvalue weighted by molar-refractivity contribution is 6.36. The fourth-order valence-electron chi connectivity index (χ4n) is 4.01. The smallest absolute Gasteiger partial charge is 0.256 e. The van der Waals surface area contributed by atoms with E-state index in [0.29, 0.717) is 53.8 Å². The Bertz CT molecular complexity index is 1060. The standard InChI is InChI=1S/C22H20Cl3N3O3/c23-13-5-7-16(24)15(11-13)22(31)28-10-1-3-19(28)21(30)26-18-12-14(6-8-17(18)25)27-9-2-4-20(27)29/h5-8,11-12,19H,1-4,9-10H2,(H,26,30). The molecule has 2 aromatic carbocycles. The van der Waals surface area contributed by atoms with Crippen LogP contribution in [0.5, 0.6) is 0 Å². The highest BCUT2D eigenvalue weighted by atomic mass is 35.5. The van der Waals surface area contributed by atoms with Gasteiger partial charge in [-0.3, -0.25) is 14.4 Å². The van der Waals surface area contributed by atoms with E-state index in [1.54, 1.807) is 35.2 Å². The molecule has 2 saturated heterocycles. The number of hydrogen-bond acceptors (Lipinski definition) is 3. The molecule has 3 amide bonds. The summed E-state index contributed by atoms with van der Waals surface area (Å²) in [6.07, 6.45) is 2.53. The maximum Gasteiger partial charge on any atom is 0.256 e. The highest BCUT2D eigenvalue weighted by Gasteiger charge is 2.35. The zero-order valence-corrected chi connectivity index (χ0v) is 18.8. The minimum atomic E-state index is -0.657. The number of anilines is 2. The normalized spacial score (nSPS) is 18.5. The second-order valence-corrected chi connectivity index (χ2v) is 8.83. The van der Waals surface area contributed by atoms with Gasteiger partial charge in [0.1, 0.15) is 6.04 Å². The van der Waals surface area contributed by atoms with Crippen LogP contribution in [0.25, 0.3) is 0 Å². The van der Waals surface area contributed by atoms with Crippen molar-refractivity contribution >= 4 is 63.9 Å². The van der Waals surface area contributed by atoms with Crippen LogP contribution in [0.4, 0.5) is 11.4 Å². The van der Waals surface area contributed by atoms with E-state index in [1.165, 1.54) is 11.0 Å². The molecule has 0 saturated carbocycles. The third-order valence-electron chi connectivity index (χ3n) is 5.57. The summed E-state index contributed by atoms with van der Waals surface area (Å²) in [7, 11) is 0. The van der Waals surface area contributed by atoms with Crippen molar-refractivity contribution in [2.24, 2.45) is 0 Å². The molecule has 4 rings (SSSR count). The molecule has 1 unspecified atom stereocenters. The first-order chi connectivity index (χ1) is 14.8. The van der Waals surface area contributed by atoms with E-state index in [2.05, 4.69) is 5.32 Å². The molecule has 0 spiro atoms. The van der Waals surface area contributed by atoms with Crippen molar-refractivity contribution in [1.82, 2.24) is 4.90 Å². The average Bonchev–Trinajstić information content (AvgIpc) is 3.40. The number of nitrogens with zero attached hydrogens (tertiary/aromatic N) is 2. The third-order valence-corrected chi connectivity index (χ3v) is 6.46. The van der Waals surface area contributed by atoms with E-state index >= 15 is 0 Å². The van der Waals surface area contributed by atoms with Crippen molar-refractivity contribution in [3.05, 3.63) is 57.0 Å². The largest absolute Gasteiger partial charge is 0.327 e. The van der Waals surface area contributed by atoms with Gasteiger partial charge in [-0.2, -0.15) is 0 Å². The van der Waals surface area contributed by atoms with Gasteiger partial charge in [0.15, 0.2) is 0 Å². The molecule has 2 aliphatic heterocycles. The molecule has 162 valence electrons. The summed E-state index contributed by atoms with van der Waals surface area (Å²) in [5.74, 6) is -0.631. The van der Waals surface area contributed by atoms with Gasteiger partial charge >= 0.3 is 0 Å². The number of nitrogens with one attached hydrogen (secondary N) is 1. The number of hydrogen-bond donors (Lipinski definition) is 1. The highest BCUT2D eigenvalue weighted by Crippen LogP contribution is 2.31. The number of carbonyl (C=O) groups excluding carboxylic acids is 3. The topological polar surface area (TPSA) is 69.7 Å². The van der Waals surface area contributed by atoms with Crippen LogP contribution in [-0.2, 0) is 9.59 Å². The van der Waals surface area contributed by atoms with E-state index in [4.69, 9.17) is 34.8 Å². The van der Waals surface area contributed by atoms with Gasteiger partial charge in [-0.15, -0.1) is 0 Å². The first-order valence-electron chi connectivity index (χ1n) is 10.0. The lowest BCUT2D eigenvalue weighted by Gasteiger charge is -2.25. The summed E-state index contributed by atoms with van der Waals surface area (Å²) in [4.78, 5) is 41.3. The van der Waals surface area contributed by atoms with Crippen molar-refractivity contribution in [1.29, 1.82) is 0 Å². The first kappa shape index (κ1) is 21.9. The molecule has 0 aromatic heterocycles. The first-order valence-corrected chi connectivity index (χ1v) is 11.2. The maximum atomic E-state index is 13.1. The van der Waals surface area contributed by atoms with Crippen LogP contribution in [0, 0.1) is 0 Å². The van der Waals surface area contributed by atoms with Gasteiger partial charge in [0.25, 0.3) is 5.91 Å². The number of likely N-dealkylation sites (tertiary alicyclic amines) is 1. The minimum Gasteiger partial charge on any atom is -0.327 e. The van der Waals surface area contributed by atoms with Crippen molar-refractivity contribution in [2.45, 2.75) is 31.7 Å². The molecule has 0 radical (unpaired) electrons. The van der Waals surface area contributed by atoms with Crippen LogP contribution in [0.2, 0.25) is 15.1 Å². The number of benzene rings is 2. The average molecular weight is 481 g/mol. The Morgan fingerprint density at radius 1 is 0.968 bits per heavy atom. The lowest BCUT2D eigenvalue weighted by atomic mass is 10.1. The van der Waals surface area contributed by atoms with E-state index in [-0.39, 0.29) is 28.3 Å². The summed E-state index contributed by atoms with van der Waals surface area (Å²) in [6.45, 7) is 1.08. The lowest BCUT2D eigenvalue weighted by molar-refractivity contribution is -0.119. The quantitative estimate of drug-likeness (QED) is 0.668. The molecule has 31 heavy (non-hydrogen) atoms. The van der Waals surface area contributed by atoms with Gasteiger partial charge in [0, 0.05) is 30.2 Å². The lowest BCUT2D eigenvalue weighted by Crippen LogP contribution is -2.43. The summed E-state index contributed by atoms with van der Waals surface area (Å²) >= 11 is 18.5. The van der Waals surface area contributed by atoms with Crippen LogP contribution in [0.3, 0.4) is 0 Å². The van der Waals surface area contributed by atoms with Gasteiger partial charge in [0.05, 0.1) is 21.3 Å². The van der Waals surface area contributed by atoms with Gasteiger partial charge in [0.2, 0.25) is 11.8 Å². The van der Waals surface area contributed by atoms with Crippen molar-refractivity contribution in [3.63, 3.8) is 0 Å². The fraction of sp³-hybridized carbons (Fsp3) is 0.318. The van der Waals surface area contributed by atoms with Gasteiger partial charge in [-0.25, -0.2) is 0 Å². The molecular formula is C22H20Cl3N3O3. The predicted molar refractivity (Wildman–Crippen MR) is 122 cm³/mol. The Labute approximate surface area is 195 Å². The van der Waals surface area contributed by atoms with Gasteiger partial charge in [-0.05, 0) is 55.7 Å². The number of rotatable bonds is 4. The monoisotopic (exact) mass is 479 g/mol. The van der Waals surface area contributed by atoms with Crippen LogP contribution in [0.1, 0.15) is 36.0 Å². The SMILES string of the molecule is O=C(Nc1cc(N2CCCC2=O)ccc1Cl)C1CCCN1C(=O)c1cc(Cl)ccc1Cl. The fourth-order valence-corrected chi connectivity index (χ4v) is 4.55. The summed E-state index contributed by atoms with van der Waals surface area (Å²) < 4.78 is 0. The summed E-state index contributed by atoms with van der Waals surface area (Å²) in [6, 6.07) is 9.12. The molecule has 1 atom stereocenters. The molecule has 2 aliphatic rings. The van der Waals surface area contributed by atoms with Crippen LogP contribution in [0.15, 0.2) is 36.4 Å². The summed E-state index contributed by atoms with van der Waals surface area (Å²) in [5, 5.41) is 3.87. The Hall–Kier alpha value is -2.28. The summed E-state index contributed by atoms with van der Waals surface area (Å²) in [5.41, 5.74) is 1.36. The van der Waals surface area contributed by atoms with Gasteiger partial charge in [-0.1, -0.05) is 34.8 Å². The van der Waals surface area contributed by atoms with Crippen LogP contribution in [-0.4, -0.2) is 41.8 Å².